The lowest BCUT2D eigenvalue weighted by molar-refractivity contribution is -0.126. The summed E-state index contributed by atoms with van der Waals surface area (Å²) in [5.74, 6) is 0.571. The van der Waals surface area contributed by atoms with Crippen molar-refractivity contribution in [3.63, 3.8) is 0 Å². The van der Waals surface area contributed by atoms with Crippen LogP contribution in [0.5, 0.6) is 5.75 Å². The number of rotatable bonds is 7. The van der Waals surface area contributed by atoms with Gasteiger partial charge in [-0.25, -0.2) is 0 Å². The van der Waals surface area contributed by atoms with E-state index >= 15 is 0 Å². The number of carbonyl (C=O) groups is 1. The maximum Gasteiger partial charge on any atom is 0.247 e. The molecule has 5 nitrogen and oxygen atoms in total. The Balaban J connectivity index is 2.21. The second kappa shape index (κ2) is 9.24. The van der Waals surface area contributed by atoms with Crippen molar-refractivity contribution in [1.29, 1.82) is 5.26 Å². The maximum atomic E-state index is 12.7. The number of hydrogen-bond donors (Lipinski definition) is 0. The van der Waals surface area contributed by atoms with Crippen molar-refractivity contribution in [2.45, 2.75) is 19.9 Å². The van der Waals surface area contributed by atoms with Gasteiger partial charge in [-0.15, -0.1) is 0 Å². The minimum absolute atomic E-state index is 0.149. The van der Waals surface area contributed by atoms with Gasteiger partial charge >= 0.3 is 0 Å². The van der Waals surface area contributed by atoms with Gasteiger partial charge in [-0.05, 0) is 30.7 Å². The molecule has 1 aromatic heterocycles. The van der Waals surface area contributed by atoms with Gasteiger partial charge in [-0.3, -0.25) is 9.78 Å². The van der Waals surface area contributed by atoms with Crippen LogP contribution in [0, 0.1) is 11.3 Å². The molecule has 0 atom stereocenters. The molecule has 5 heteroatoms. The highest BCUT2D eigenvalue weighted by Gasteiger charge is 2.14. The van der Waals surface area contributed by atoms with E-state index in [-0.39, 0.29) is 12.3 Å². The fourth-order valence-electron chi connectivity index (χ4n) is 2.46. The molecule has 0 saturated carbocycles. The molecule has 1 heterocycles. The Morgan fingerprint density at radius 3 is 2.72 bits per heavy atom. The van der Waals surface area contributed by atoms with E-state index < -0.39 is 0 Å². The summed E-state index contributed by atoms with van der Waals surface area (Å²) in [6, 6.07) is 15.2. The number of pyridine rings is 1. The van der Waals surface area contributed by atoms with Gasteiger partial charge in [-0.2, -0.15) is 5.26 Å². The SMILES string of the molecule is COc1ccccc1C(C)=CC(=O)N(CCC#N)Cc1ccccn1. The number of ether oxygens (including phenoxy) is 1. The summed E-state index contributed by atoms with van der Waals surface area (Å²) in [6.07, 6.45) is 3.55. The van der Waals surface area contributed by atoms with Crippen LogP contribution >= 0.6 is 0 Å². The highest BCUT2D eigenvalue weighted by molar-refractivity contribution is 5.95. The highest BCUT2D eigenvalue weighted by atomic mass is 16.5. The molecule has 0 N–H and O–H groups in total. The number of hydrogen-bond acceptors (Lipinski definition) is 4. The normalized spacial score (nSPS) is 10.8. The van der Waals surface area contributed by atoms with E-state index in [0.29, 0.717) is 13.1 Å². The summed E-state index contributed by atoms with van der Waals surface area (Å²) in [4.78, 5) is 18.6. The van der Waals surface area contributed by atoms with Crippen LogP contribution in [0.2, 0.25) is 0 Å². The number of amides is 1. The van der Waals surface area contributed by atoms with Crippen LogP contribution in [0.25, 0.3) is 5.57 Å². The minimum atomic E-state index is -0.149. The topological polar surface area (TPSA) is 66.2 Å². The number of carbonyl (C=O) groups excluding carboxylic acids is 1. The molecule has 0 aliphatic carbocycles. The summed E-state index contributed by atoms with van der Waals surface area (Å²) in [7, 11) is 1.61. The van der Waals surface area contributed by atoms with Crippen LogP contribution in [-0.4, -0.2) is 29.4 Å². The lowest BCUT2D eigenvalue weighted by atomic mass is 10.1. The first-order valence-corrected chi connectivity index (χ1v) is 8.03. The Bertz CT molecular complexity index is 779. The van der Waals surface area contributed by atoms with Crippen LogP contribution in [0.3, 0.4) is 0 Å². The molecule has 128 valence electrons. The number of methoxy groups -OCH3 is 1. The Kier molecular flexibility index (Phi) is 6.73. The van der Waals surface area contributed by atoms with Crippen molar-refractivity contribution in [1.82, 2.24) is 9.88 Å². The zero-order valence-electron chi connectivity index (χ0n) is 14.5. The number of nitrogens with zero attached hydrogens (tertiary/aromatic N) is 3. The third-order valence-corrected chi connectivity index (χ3v) is 3.76. The second-order valence-corrected chi connectivity index (χ2v) is 5.52. The molecule has 0 spiro atoms. The largest absolute Gasteiger partial charge is 0.496 e. The smallest absolute Gasteiger partial charge is 0.247 e. The average molecular weight is 335 g/mol. The van der Waals surface area contributed by atoms with Gasteiger partial charge < -0.3 is 9.64 Å². The van der Waals surface area contributed by atoms with Gasteiger partial charge in [0.15, 0.2) is 0 Å². The Labute approximate surface area is 148 Å². The lowest BCUT2D eigenvalue weighted by Crippen LogP contribution is -2.30. The van der Waals surface area contributed by atoms with Crippen LogP contribution in [-0.2, 0) is 11.3 Å². The highest BCUT2D eigenvalue weighted by Crippen LogP contribution is 2.25. The van der Waals surface area contributed by atoms with Crippen molar-refractivity contribution in [2.75, 3.05) is 13.7 Å². The lowest BCUT2D eigenvalue weighted by Gasteiger charge is -2.20. The second-order valence-electron chi connectivity index (χ2n) is 5.52. The van der Waals surface area contributed by atoms with Crippen LogP contribution in [0.15, 0.2) is 54.7 Å². The van der Waals surface area contributed by atoms with Crippen LogP contribution in [0.1, 0.15) is 24.6 Å². The molecule has 0 aliphatic rings. The van der Waals surface area contributed by atoms with Gasteiger partial charge in [-0.1, -0.05) is 24.3 Å². The van der Waals surface area contributed by atoms with Gasteiger partial charge in [0, 0.05) is 24.4 Å². The van der Waals surface area contributed by atoms with Crippen molar-refractivity contribution >= 4 is 11.5 Å². The fourth-order valence-corrected chi connectivity index (χ4v) is 2.46. The molecular weight excluding hydrogens is 314 g/mol. The molecule has 25 heavy (non-hydrogen) atoms. The molecule has 0 aliphatic heterocycles. The summed E-state index contributed by atoms with van der Waals surface area (Å²) >= 11 is 0. The molecule has 2 aromatic rings. The van der Waals surface area contributed by atoms with Crippen LogP contribution in [0.4, 0.5) is 0 Å². The zero-order valence-corrected chi connectivity index (χ0v) is 14.5. The van der Waals surface area contributed by atoms with Gasteiger partial charge in [0.05, 0.1) is 31.8 Å². The van der Waals surface area contributed by atoms with E-state index in [0.717, 1.165) is 22.6 Å². The van der Waals surface area contributed by atoms with Gasteiger partial charge in [0.2, 0.25) is 5.91 Å². The van der Waals surface area contributed by atoms with E-state index in [1.807, 2.05) is 49.4 Å². The molecule has 0 saturated heterocycles. The number of benzene rings is 1. The predicted molar refractivity (Wildman–Crippen MR) is 96.5 cm³/mol. The van der Waals surface area contributed by atoms with E-state index in [9.17, 15) is 4.79 Å². The molecule has 1 aromatic carbocycles. The van der Waals surface area contributed by atoms with Crippen molar-refractivity contribution in [2.24, 2.45) is 0 Å². The van der Waals surface area contributed by atoms with Gasteiger partial charge in [0.1, 0.15) is 5.75 Å². The van der Waals surface area contributed by atoms with Crippen LogP contribution < -0.4 is 4.74 Å². The summed E-state index contributed by atoms with van der Waals surface area (Å²) in [5, 5.41) is 8.86. The third kappa shape index (κ3) is 5.18. The Hall–Kier alpha value is -3.13. The summed E-state index contributed by atoms with van der Waals surface area (Å²) in [5.41, 5.74) is 2.47. The van der Waals surface area contributed by atoms with E-state index in [2.05, 4.69) is 11.1 Å². The summed E-state index contributed by atoms with van der Waals surface area (Å²) in [6.45, 7) is 2.61. The Morgan fingerprint density at radius 2 is 2.04 bits per heavy atom. The molecule has 2 rings (SSSR count). The minimum Gasteiger partial charge on any atom is -0.496 e. The number of aromatic nitrogens is 1. The maximum absolute atomic E-state index is 12.7. The number of allylic oxidation sites excluding steroid dienone is 1. The predicted octanol–water partition coefficient (Wildman–Crippen LogP) is 3.44. The molecule has 0 bridgehead atoms. The molecule has 1 amide bonds. The first-order valence-electron chi connectivity index (χ1n) is 8.03. The number of nitriles is 1. The number of para-hydroxylation sites is 1. The molecular formula is C20H21N3O2. The first-order chi connectivity index (χ1) is 12.2. The van der Waals surface area contributed by atoms with E-state index in [1.165, 1.54) is 0 Å². The quantitative estimate of drug-likeness (QED) is 0.727. The van der Waals surface area contributed by atoms with E-state index in [4.69, 9.17) is 10.00 Å². The standard InChI is InChI=1S/C20H21N3O2/c1-16(18-9-3-4-10-19(18)25-2)14-20(24)23(13-7-11-21)15-17-8-5-6-12-22-17/h3-6,8-10,12,14H,7,13,15H2,1-2H3. The molecule has 0 fully saturated rings. The van der Waals surface area contributed by atoms with E-state index in [1.54, 1.807) is 24.3 Å². The third-order valence-electron chi connectivity index (χ3n) is 3.76. The average Bonchev–Trinajstić information content (AvgIpc) is 2.65. The molecule has 0 radical (unpaired) electrons. The monoisotopic (exact) mass is 335 g/mol. The van der Waals surface area contributed by atoms with Gasteiger partial charge in [0.25, 0.3) is 0 Å². The first kappa shape index (κ1) is 18.2. The van der Waals surface area contributed by atoms with Crippen molar-refractivity contribution in [3.8, 4) is 11.8 Å². The zero-order chi connectivity index (χ0) is 18.1. The molecule has 0 unspecified atom stereocenters. The van der Waals surface area contributed by atoms with Crippen molar-refractivity contribution < 1.29 is 9.53 Å². The van der Waals surface area contributed by atoms with Crippen molar-refractivity contribution in [3.05, 3.63) is 66.0 Å². The summed E-state index contributed by atoms with van der Waals surface area (Å²) < 4.78 is 5.35. The fraction of sp³-hybridized carbons (Fsp3) is 0.250. The Morgan fingerprint density at radius 1 is 1.28 bits per heavy atom.